The third-order valence-electron chi connectivity index (χ3n) is 0.154. The quantitative estimate of drug-likeness (QED) is 0.210. The van der Waals surface area contributed by atoms with Crippen LogP contribution in [-0.2, 0) is 0 Å². The van der Waals surface area contributed by atoms with Gasteiger partial charge in [-0.2, -0.15) is 5.26 Å². The lowest BCUT2D eigenvalue weighted by atomic mass is 11.2. The molecule has 0 aromatic carbocycles. The molecule has 0 aromatic rings. The van der Waals surface area contributed by atoms with E-state index in [1.807, 2.05) is 0 Å². The Hall–Kier alpha value is -0.750. The first-order valence-corrected chi connectivity index (χ1v) is 1.49. The molecule has 0 saturated heterocycles. The Balaban J connectivity index is 3.13. The van der Waals surface area contributed by atoms with Crippen LogP contribution in [0.5, 0.6) is 0 Å². The summed E-state index contributed by atoms with van der Waals surface area (Å²) >= 11 is 4.61. The number of carbonyl (C=O) groups is 1. The highest BCUT2D eigenvalue weighted by molar-refractivity contribution is 6.63. The third kappa shape index (κ3) is 3.25. The molecule has 3 nitrogen and oxygen atoms in total. The lowest BCUT2D eigenvalue weighted by Gasteiger charge is -1.72. The van der Waals surface area contributed by atoms with Crippen molar-refractivity contribution in [3.63, 3.8) is 0 Å². The second-order valence-corrected chi connectivity index (χ2v) is 0.854. The first-order chi connectivity index (χ1) is 2.77. The highest BCUT2D eigenvalue weighted by atomic mass is 35.5. The molecule has 0 aromatic heterocycles. The summed E-state index contributed by atoms with van der Waals surface area (Å²) in [5, 5.41) is 8.36. The summed E-state index contributed by atoms with van der Waals surface area (Å²) in [5.74, 6) is 0. The maximum Gasteiger partial charge on any atom is 0.326 e. The number of nitriles is 1. The predicted octanol–water partition coefficient (Wildman–Crippen LogP) is 0.416. The summed E-state index contributed by atoms with van der Waals surface area (Å²) in [6.07, 6.45) is 1.34. The van der Waals surface area contributed by atoms with Gasteiger partial charge in [0.15, 0.2) is 6.19 Å². The topological polar surface area (TPSA) is 52.9 Å². The summed E-state index contributed by atoms with van der Waals surface area (Å²) in [7, 11) is 0. The molecule has 0 aliphatic rings. The van der Waals surface area contributed by atoms with Crippen LogP contribution in [0.2, 0.25) is 0 Å². The largest absolute Gasteiger partial charge is 0.326 e. The van der Waals surface area contributed by atoms with Crippen molar-refractivity contribution in [3.05, 3.63) is 0 Å². The van der Waals surface area contributed by atoms with Crippen molar-refractivity contribution >= 4 is 17.0 Å². The van der Waals surface area contributed by atoms with Gasteiger partial charge in [-0.25, -0.2) is 5.32 Å². The van der Waals surface area contributed by atoms with Crippen molar-refractivity contribution in [3.8, 4) is 6.19 Å². The average Bonchev–Trinajstić information content (AvgIpc) is 1.35. The van der Waals surface area contributed by atoms with Gasteiger partial charge < -0.3 is 0 Å². The number of nitrogens with zero attached hydrogens (tertiary/aromatic N) is 1. The Morgan fingerprint density at radius 3 is 2.50 bits per heavy atom. The zero-order valence-electron chi connectivity index (χ0n) is 2.73. The van der Waals surface area contributed by atoms with E-state index in [1.54, 1.807) is 5.32 Å². The zero-order chi connectivity index (χ0) is 4.99. The lowest BCUT2D eigenvalue weighted by Crippen LogP contribution is -2.06. The van der Waals surface area contributed by atoms with Crippen molar-refractivity contribution in [1.82, 2.24) is 5.32 Å². The van der Waals surface area contributed by atoms with E-state index >= 15 is 0 Å². The highest BCUT2D eigenvalue weighted by Gasteiger charge is 1.83. The molecule has 0 bridgehead atoms. The summed E-state index contributed by atoms with van der Waals surface area (Å²) in [5.41, 5.74) is 0. The summed E-state index contributed by atoms with van der Waals surface area (Å²) in [6, 6.07) is 0. The predicted molar refractivity (Wildman–Crippen MR) is 20.0 cm³/mol. The first-order valence-electron chi connectivity index (χ1n) is 1.12. The molecule has 0 spiro atoms. The number of amides is 1. The molecular weight excluding hydrogens is 103 g/mol. The fourth-order valence-corrected chi connectivity index (χ4v) is 0.0862. The molecule has 0 unspecified atom stereocenters. The van der Waals surface area contributed by atoms with Crippen LogP contribution in [0.15, 0.2) is 0 Å². The monoisotopic (exact) mass is 104 g/mol. The minimum atomic E-state index is -0.850. The number of hydrogen-bond acceptors (Lipinski definition) is 2. The number of hydrogen-bond donors (Lipinski definition) is 1. The van der Waals surface area contributed by atoms with E-state index in [9.17, 15) is 4.79 Å². The minimum Gasteiger partial charge on any atom is -0.255 e. The normalized spacial score (nSPS) is 6.00. The van der Waals surface area contributed by atoms with E-state index in [1.165, 1.54) is 6.19 Å². The molecule has 1 N–H and O–H groups in total. The van der Waals surface area contributed by atoms with Crippen molar-refractivity contribution in [1.29, 1.82) is 5.26 Å². The molecule has 6 heavy (non-hydrogen) atoms. The van der Waals surface area contributed by atoms with E-state index < -0.39 is 5.37 Å². The van der Waals surface area contributed by atoms with Gasteiger partial charge in [-0.05, 0) is 11.6 Å². The lowest BCUT2D eigenvalue weighted by molar-refractivity contribution is 0.263. The molecular formula is C2HClN2O. The molecule has 0 atom stereocenters. The highest BCUT2D eigenvalue weighted by Crippen LogP contribution is 1.70. The third-order valence-corrected chi connectivity index (χ3v) is 0.249. The van der Waals surface area contributed by atoms with Crippen LogP contribution in [0, 0.1) is 11.5 Å². The van der Waals surface area contributed by atoms with Gasteiger partial charge in [0.1, 0.15) is 0 Å². The van der Waals surface area contributed by atoms with Crippen LogP contribution in [0.4, 0.5) is 4.79 Å². The maximum atomic E-state index is 9.48. The molecule has 4 heteroatoms. The molecule has 0 fully saturated rings. The maximum absolute atomic E-state index is 9.48. The van der Waals surface area contributed by atoms with Gasteiger partial charge in [0.25, 0.3) is 0 Å². The Morgan fingerprint density at radius 2 is 2.50 bits per heavy atom. The fraction of sp³-hybridized carbons (Fsp3) is 0. The van der Waals surface area contributed by atoms with Crippen LogP contribution in [0.1, 0.15) is 0 Å². The number of halogens is 1. The average molecular weight is 104 g/mol. The van der Waals surface area contributed by atoms with E-state index in [0.717, 1.165) is 0 Å². The Labute approximate surface area is 39.5 Å². The van der Waals surface area contributed by atoms with Crippen LogP contribution in [-0.4, -0.2) is 5.37 Å². The summed E-state index contributed by atoms with van der Waals surface area (Å²) in [6.45, 7) is 0. The summed E-state index contributed by atoms with van der Waals surface area (Å²) < 4.78 is 0. The van der Waals surface area contributed by atoms with Gasteiger partial charge >= 0.3 is 5.37 Å². The first kappa shape index (κ1) is 5.25. The van der Waals surface area contributed by atoms with Crippen molar-refractivity contribution in [2.24, 2.45) is 0 Å². The Kier molecular flexibility index (Phi) is 2.17. The van der Waals surface area contributed by atoms with Gasteiger partial charge in [0.2, 0.25) is 0 Å². The van der Waals surface area contributed by atoms with Crippen LogP contribution >= 0.6 is 11.6 Å². The van der Waals surface area contributed by atoms with Gasteiger partial charge in [-0.1, -0.05) is 0 Å². The van der Waals surface area contributed by atoms with E-state index in [-0.39, 0.29) is 0 Å². The van der Waals surface area contributed by atoms with Crippen molar-refractivity contribution < 1.29 is 4.79 Å². The molecule has 0 aliphatic heterocycles. The molecule has 0 aliphatic carbocycles. The van der Waals surface area contributed by atoms with Crippen LogP contribution in [0.25, 0.3) is 0 Å². The Bertz CT molecular complexity index is 94.2. The van der Waals surface area contributed by atoms with Crippen molar-refractivity contribution in [2.75, 3.05) is 0 Å². The molecule has 0 rings (SSSR count). The molecule has 0 radical (unpaired) electrons. The number of nitrogens with one attached hydrogen (secondary N) is 1. The van der Waals surface area contributed by atoms with Gasteiger partial charge in [-0.15, -0.1) is 0 Å². The molecule has 0 heterocycles. The second kappa shape index (κ2) is 2.49. The smallest absolute Gasteiger partial charge is 0.255 e. The number of rotatable bonds is 0. The summed E-state index contributed by atoms with van der Waals surface area (Å²) in [4.78, 5) is 9.48. The van der Waals surface area contributed by atoms with Gasteiger partial charge in [0, 0.05) is 0 Å². The molecule has 32 valence electrons. The minimum absolute atomic E-state index is 0.850. The number of carbonyl (C=O) groups excluding carboxylic acids is 1. The van der Waals surface area contributed by atoms with Crippen LogP contribution in [0.3, 0.4) is 0 Å². The van der Waals surface area contributed by atoms with E-state index in [4.69, 9.17) is 5.26 Å². The molecule has 0 saturated carbocycles. The van der Waals surface area contributed by atoms with Crippen molar-refractivity contribution in [2.45, 2.75) is 0 Å². The van der Waals surface area contributed by atoms with E-state index in [2.05, 4.69) is 11.6 Å². The molecule has 1 amide bonds. The second-order valence-electron chi connectivity index (χ2n) is 0.511. The van der Waals surface area contributed by atoms with Gasteiger partial charge in [0.05, 0.1) is 0 Å². The Morgan fingerprint density at radius 1 is 2.00 bits per heavy atom. The zero-order valence-corrected chi connectivity index (χ0v) is 3.49. The van der Waals surface area contributed by atoms with Gasteiger partial charge in [-0.3, -0.25) is 4.79 Å². The van der Waals surface area contributed by atoms with Crippen LogP contribution < -0.4 is 5.32 Å². The fourth-order valence-electron chi connectivity index (χ4n) is 0.0440. The standard InChI is InChI=1S/C2HClN2O/c3-2(6)5-1-4/h(H,5,6). The SMILES string of the molecule is N#CNC(=O)Cl. The van der Waals surface area contributed by atoms with E-state index in [0.29, 0.717) is 0 Å².